The molecule has 5 heteroatoms. The van der Waals surface area contributed by atoms with E-state index in [1.54, 1.807) is 12.1 Å². The smallest absolute Gasteiger partial charge is 0.251 e. The first kappa shape index (κ1) is 14.8. The molecule has 1 aromatic carbocycles. The Bertz CT molecular complexity index is 622. The van der Waals surface area contributed by atoms with Crippen molar-refractivity contribution in [1.82, 2.24) is 9.88 Å². The van der Waals surface area contributed by atoms with E-state index in [1.807, 2.05) is 41.2 Å². The van der Waals surface area contributed by atoms with E-state index < -0.39 is 6.10 Å². The summed E-state index contributed by atoms with van der Waals surface area (Å²) in [6, 6.07) is 11.2. The Balaban J connectivity index is 1.63. The van der Waals surface area contributed by atoms with Crippen molar-refractivity contribution in [2.75, 3.05) is 6.61 Å². The summed E-state index contributed by atoms with van der Waals surface area (Å²) in [7, 11) is 0. The van der Waals surface area contributed by atoms with Crippen LogP contribution < -0.4 is 5.32 Å². The molecule has 0 aliphatic heterocycles. The van der Waals surface area contributed by atoms with Gasteiger partial charge in [0.15, 0.2) is 0 Å². The second-order valence-corrected chi connectivity index (χ2v) is 5.79. The van der Waals surface area contributed by atoms with E-state index in [4.69, 9.17) is 5.11 Å². The quantitative estimate of drug-likeness (QED) is 0.797. The Morgan fingerprint density at radius 3 is 2.45 bits per heavy atom. The summed E-state index contributed by atoms with van der Waals surface area (Å²) in [4.78, 5) is 12.2. The highest BCUT2D eigenvalue weighted by Crippen LogP contribution is 2.26. The summed E-state index contributed by atoms with van der Waals surface area (Å²) in [6.07, 6.45) is 4.48. The molecule has 0 spiro atoms. The van der Waals surface area contributed by atoms with Gasteiger partial charge in [-0.15, -0.1) is 0 Å². The van der Waals surface area contributed by atoms with Gasteiger partial charge >= 0.3 is 0 Å². The maximum absolute atomic E-state index is 12.2. The van der Waals surface area contributed by atoms with Crippen molar-refractivity contribution >= 4 is 5.91 Å². The van der Waals surface area contributed by atoms with Crippen LogP contribution in [0.3, 0.4) is 0 Å². The van der Waals surface area contributed by atoms with Crippen LogP contribution >= 0.6 is 0 Å². The van der Waals surface area contributed by atoms with Crippen molar-refractivity contribution in [3.8, 4) is 5.69 Å². The van der Waals surface area contributed by atoms with Crippen LogP contribution in [0.1, 0.15) is 23.2 Å². The molecule has 3 rings (SSSR count). The lowest BCUT2D eigenvalue weighted by Crippen LogP contribution is -2.33. The van der Waals surface area contributed by atoms with Gasteiger partial charge in [0, 0.05) is 42.2 Å². The van der Waals surface area contributed by atoms with Gasteiger partial charge in [-0.1, -0.05) is 0 Å². The summed E-state index contributed by atoms with van der Waals surface area (Å²) >= 11 is 0. The highest BCUT2D eigenvalue weighted by molar-refractivity contribution is 5.94. The molecule has 1 heterocycles. The fourth-order valence-electron chi connectivity index (χ4n) is 2.98. The minimum Gasteiger partial charge on any atom is -0.396 e. The zero-order chi connectivity index (χ0) is 15.5. The number of amides is 1. The minimum absolute atomic E-state index is 0.0426. The van der Waals surface area contributed by atoms with Gasteiger partial charge in [0.1, 0.15) is 0 Å². The molecule has 3 N–H and O–H groups in total. The molecule has 1 fully saturated rings. The molecule has 3 atom stereocenters. The van der Waals surface area contributed by atoms with Gasteiger partial charge in [0.2, 0.25) is 0 Å². The van der Waals surface area contributed by atoms with Gasteiger partial charge in [-0.25, -0.2) is 0 Å². The average Bonchev–Trinajstić information content (AvgIpc) is 3.17. The maximum Gasteiger partial charge on any atom is 0.251 e. The Morgan fingerprint density at radius 1 is 1.18 bits per heavy atom. The molecular formula is C17H20N2O3. The molecule has 2 aromatic rings. The molecule has 1 saturated carbocycles. The fourth-order valence-corrected chi connectivity index (χ4v) is 2.98. The van der Waals surface area contributed by atoms with E-state index in [2.05, 4.69) is 5.32 Å². The summed E-state index contributed by atoms with van der Waals surface area (Å²) < 4.78 is 1.97. The van der Waals surface area contributed by atoms with Gasteiger partial charge in [0.05, 0.1) is 6.10 Å². The first-order valence-corrected chi connectivity index (χ1v) is 7.50. The van der Waals surface area contributed by atoms with E-state index in [-0.39, 0.29) is 24.5 Å². The number of carbonyl (C=O) groups excluding carboxylic acids is 1. The van der Waals surface area contributed by atoms with Gasteiger partial charge in [0.25, 0.3) is 5.91 Å². The SMILES string of the molecule is O=C(N[C@H]1C[C@H](CO)[C@@H](O)C1)c1ccc(-n2cccc2)cc1. The first-order valence-electron chi connectivity index (χ1n) is 7.50. The van der Waals surface area contributed by atoms with Crippen LogP contribution in [0, 0.1) is 5.92 Å². The molecule has 0 saturated heterocycles. The van der Waals surface area contributed by atoms with Crippen LogP contribution in [-0.2, 0) is 0 Å². The highest BCUT2D eigenvalue weighted by atomic mass is 16.3. The molecule has 1 aliphatic rings. The normalized spacial score (nSPS) is 24.4. The van der Waals surface area contributed by atoms with Crippen LogP contribution in [-0.4, -0.2) is 39.4 Å². The van der Waals surface area contributed by atoms with Crippen LogP contribution in [0.4, 0.5) is 0 Å². The second kappa shape index (κ2) is 6.34. The van der Waals surface area contributed by atoms with Crippen molar-refractivity contribution in [2.24, 2.45) is 5.92 Å². The van der Waals surface area contributed by atoms with Crippen LogP contribution in [0.5, 0.6) is 0 Å². The Hall–Kier alpha value is -2.11. The monoisotopic (exact) mass is 300 g/mol. The second-order valence-electron chi connectivity index (χ2n) is 5.79. The highest BCUT2D eigenvalue weighted by Gasteiger charge is 2.33. The van der Waals surface area contributed by atoms with E-state index >= 15 is 0 Å². The van der Waals surface area contributed by atoms with E-state index in [9.17, 15) is 9.90 Å². The largest absolute Gasteiger partial charge is 0.396 e. The number of aliphatic hydroxyl groups excluding tert-OH is 2. The van der Waals surface area contributed by atoms with Crippen LogP contribution in [0.25, 0.3) is 5.69 Å². The third kappa shape index (κ3) is 3.05. The number of nitrogens with zero attached hydrogens (tertiary/aromatic N) is 1. The number of rotatable bonds is 4. The molecule has 0 bridgehead atoms. The molecule has 22 heavy (non-hydrogen) atoms. The number of benzene rings is 1. The Morgan fingerprint density at radius 2 is 1.86 bits per heavy atom. The number of aliphatic hydroxyl groups is 2. The predicted octanol–water partition coefficient (Wildman–Crippen LogP) is 1.34. The summed E-state index contributed by atoms with van der Waals surface area (Å²) in [6.45, 7) is -0.0426. The van der Waals surface area contributed by atoms with Crippen molar-refractivity contribution in [3.63, 3.8) is 0 Å². The Kier molecular flexibility index (Phi) is 4.27. The number of aromatic nitrogens is 1. The molecule has 0 unspecified atom stereocenters. The maximum atomic E-state index is 12.2. The van der Waals surface area contributed by atoms with Crippen LogP contribution in [0.15, 0.2) is 48.8 Å². The van der Waals surface area contributed by atoms with E-state index in [0.717, 1.165) is 5.69 Å². The van der Waals surface area contributed by atoms with Gasteiger partial charge in [-0.2, -0.15) is 0 Å². The molecule has 1 aromatic heterocycles. The van der Waals surface area contributed by atoms with E-state index in [1.165, 1.54) is 0 Å². The summed E-state index contributed by atoms with van der Waals surface area (Å²) in [5.74, 6) is -0.281. The molecule has 1 amide bonds. The van der Waals surface area contributed by atoms with Gasteiger partial charge in [-0.3, -0.25) is 4.79 Å². The number of hydrogen-bond acceptors (Lipinski definition) is 3. The van der Waals surface area contributed by atoms with Crippen LogP contribution in [0.2, 0.25) is 0 Å². The topological polar surface area (TPSA) is 74.5 Å². The average molecular weight is 300 g/mol. The molecule has 0 radical (unpaired) electrons. The first-order chi connectivity index (χ1) is 10.7. The standard InChI is InChI=1S/C17H20N2O3/c20-11-13-9-14(10-16(13)21)18-17(22)12-3-5-15(6-4-12)19-7-1-2-8-19/h1-8,13-14,16,20-21H,9-11H2,(H,18,22)/t13-,14+,16+/m1/s1. The lowest BCUT2D eigenvalue weighted by atomic mass is 10.1. The van der Waals surface area contributed by atoms with Crippen molar-refractivity contribution < 1.29 is 15.0 Å². The zero-order valence-corrected chi connectivity index (χ0v) is 12.2. The third-order valence-electron chi connectivity index (χ3n) is 4.26. The number of hydrogen-bond donors (Lipinski definition) is 3. The lowest BCUT2D eigenvalue weighted by molar-refractivity contribution is 0.0903. The van der Waals surface area contributed by atoms with Crippen molar-refractivity contribution in [2.45, 2.75) is 25.0 Å². The Labute approximate surface area is 129 Å². The number of carbonyl (C=O) groups is 1. The predicted molar refractivity (Wildman–Crippen MR) is 82.8 cm³/mol. The zero-order valence-electron chi connectivity index (χ0n) is 12.2. The van der Waals surface area contributed by atoms with E-state index in [0.29, 0.717) is 18.4 Å². The third-order valence-corrected chi connectivity index (χ3v) is 4.26. The van der Waals surface area contributed by atoms with Gasteiger partial charge in [-0.05, 0) is 49.2 Å². The molecular weight excluding hydrogens is 280 g/mol. The molecule has 5 nitrogen and oxygen atoms in total. The summed E-state index contributed by atoms with van der Waals surface area (Å²) in [5.41, 5.74) is 1.59. The van der Waals surface area contributed by atoms with Crippen molar-refractivity contribution in [3.05, 3.63) is 54.4 Å². The molecule has 116 valence electrons. The van der Waals surface area contributed by atoms with Crippen molar-refractivity contribution in [1.29, 1.82) is 0 Å². The minimum atomic E-state index is -0.536. The number of nitrogens with one attached hydrogen (secondary N) is 1. The van der Waals surface area contributed by atoms with Gasteiger partial charge < -0.3 is 20.1 Å². The summed E-state index contributed by atoms with van der Waals surface area (Å²) in [5, 5.41) is 21.8. The molecule has 1 aliphatic carbocycles. The lowest BCUT2D eigenvalue weighted by Gasteiger charge is -2.13. The fraction of sp³-hybridized carbons (Fsp3) is 0.353.